The molecule has 78 valence electrons. The van der Waals surface area contributed by atoms with E-state index in [1.165, 1.54) is 0 Å². The molecule has 3 nitrogen and oxygen atoms in total. The summed E-state index contributed by atoms with van der Waals surface area (Å²) in [6, 6.07) is 1.90. The van der Waals surface area contributed by atoms with Gasteiger partial charge in [0.25, 0.3) is 0 Å². The van der Waals surface area contributed by atoms with E-state index in [2.05, 4.69) is 15.9 Å². The minimum atomic E-state index is 0.491. The molecule has 0 atom stereocenters. The van der Waals surface area contributed by atoms with Crippen LogP contribution < -0.4 is 15.2 Å². The Hall–Kier alpha value is -0.740. The highest BCUT2D eigenvalue weighted by molar-refractivity contribution is 9.10. The van der Waals surface area contributed by atoms with Crippen molar-refractivity contribution in [3.8, 4) is 11.5 Å². The summed E-state index contributed by atoms with van der Waals surface area (Å²) < 4.78 is 11.3. The van der Waals surface area contributed by atoms with E-state index in [0.717, 1.165) is 15.6 Å². The minimum Gasteiger partial charge on any atom is -0.493 e. The highest BCUT2D eigenvalue weighted by Crippen LogP contribution is 2.39. The molecule has 0 aromatic heterocycles. The molecule has 1 rings (SSSR count). The van der Waals surface area contributed by atoms with Crippen molar-refractivity contribution in [1.82, 2.24) is 0 Å². The average Bonchev–Trinajstić information content (AvgIpc) is 2.21. The van der Waals surface area contributed by atoms with Crippen LogP contribution in [0.5, 0.6) is 11.5 Å². The molecular formula is C10H14BrNO2. The highest BCUT2D eigenvalue weighted by Gasteiger charge is 2.13. The molecular weight excluding hydrogens is 246 g/mol. The first-order valence-electron chi connectivity index (χ1n) is 4.25. The molecule has 1 aromatic rings. The van der Waals surface area contributed by atoms with Crippen LogP contribution in [0.2, 0.25) is 0 Å². The van der Waals surface area contributed by atoms with Gasteiger partial charge in [0, 0.05) is 6.54 Å². The lowest BCUT2D eigenvalue weighted by atomic mass is 10.1. The van der Waals surface area contributed by atoms with Gasteiger partial charge in [0.2, 0.25) is 0 Å². The normalized spacial score (nSPS) is 10.1. The summed E-state index contributed by atoms with van der Waals surface area (Å²) >= 11 is 3.46. The quantitative estimate of drug-likeness (QED) is 0.906. The molecule has 2 N–H and O–H groups in total. The fraction of sp³-hybridized carbons (Fsp3) is 0.400. The molecule has 0 bridgehead atoms. The summed E-state index contributed by atoms with van der Waals surface area (Å²) in [4.78, 5) is 0. The number of nitrogens with two attached hydrogens (primary N) is 1. The summed E-state index contributed by atoms with van der Waals surface area (Å²) in [6.07, 6.45) is 0. The monoisotopic (exact) mass is 259 g/mol. The second-order valence-electron chi connectivity index (χ2n) is 2.91. The molecule has 1 aromatic carbocycles. The Balaban J connectivity index is 3.38. The summed E-state index contributed by atoms with van der Waals surface area (Å²) in [5.41, 5.74) is 7.76. The van der Waals surface area contributed by atoms with Crippen molar-refractivity contribution in [2.45, 2.75) is 13.5 Å². The number of methoxy groups -OCH3 is 2. The average molecular weight is 260 g/mol. The van der Waals surface area contributed by atoms with Crippen molar-refractivity contribution in [3.63, 3.8) is 0 Å². The molecule has 0 fully saturated rings. The van der Waals surface area contributed by atoms with Gasteiger partial charge < -0.3 is 15.2 Å². The van der Waals surface area contributed by atoms with Crippen molar-refractivity contribution in [3.05, 3.63) is 21.7 Å². The predicted octanol–water partition coefficient (Wildman–Crippen LogP) is 2.23. The third-order valence-corrected chi connectivity index (χ3v) is 3.14. The van der Waals surface area contributed by atoms with Gasteiger partial charge in [-0.05, 0) is 40.0 Å². The van der Waals surface area contributed by atoms with Gasteiger partial charge in [-0.15, -0.1) is 0 Å². The van der Waals surface area contributed by atoms with Gasteiger partial charge in [-0.2, -0.15) is 0 Å². The van der Waals surface area contributed by atoms with E-state index in [4.69, 9.17) is 15.2 Å². The van der Waals surface area contributed by atoms with Gasteiger partial charge in [-0.25, -0.2) is 0 Å². The maximum Gasteiger partial charge on any atom is 0.175 e. The summed E-state index contributed by atoms with van der Waals surface area (Å²) in [5.74, 6) is 1.41. The third-order valence-electron chi connectivity index (χ3n) is 2.18. The van der Waals surface area contributed by atoms with Gasteiger partial charge in [0.05, 0.1) is 18.7 Å². The van der Waals surface area contributed by atoms with E-state index in [1.54, 1.807) is 14.2 Å². The molecule has 0 unspecified atom stereocenters. The topological polar surface area (TPSA) is 44.5 Å². The second kappa shape index (κ2) is 4.66. The Morgan fingerprint density at radius 2 is 2.00 bits per heavy atom. The largest absolute Gasteiger partial charge is 0.493 e. The standard InChI is InChI=1S/C10H14BrNO2/c1-6-7(5-12)4-8(13-2)10(14-3)9(6)11/h4H,5,12H2,1-3H3. The fourth-order valence-corrected chi connectivity index (χ4v) is 1.92. The lowest BCUT2D eigenvalue weighted by Gasteiger charge is -2.14. The van der Waals surface area contributed by atoms with Crippen LogP contribution in [0, 0.1) is 6.92 Å². The molecule has 0 amide bonds. The van der Waals surface area contributed by atoms with E-state index >= 15 is 0 Å². The van der Waals surface area contributed by atoms with Crippen molar-refractivity contribution in [2.75, 3.05) is 14.2 Å². The van der Waals surface area contributed by atoms with Gasteiger partial charge in [0.15, 0.2) is 11.5 Å². The van der Waals surface area contributed by atoms with E-state index in [1.807, 2.05) is 13.0 Å². The Bertz CT molecular complexity index is 339. The number of halogens is 1. The number of rotatable bonds is 3. The lowest BCUT2D eigenvalue weighted by Crippen LogP contribution is -2.02. The molecule has 0 heterocycles. The van der Waals surface area contributed by atoms with E-state index < -0.39 is 0 Å². The Morgan fingerprint density at radius 3 is 2.43 bits per heavy atom. The lowest BCUT2D eigenvalue weighted by molar-refractivity contribution is 0.352. The SMILES string of the molecule is COc1cc(CN)c(C)c(Br)c1OC. The summed E-state index contributed by atoms with van der Waals surface area (Å²) in [6.45, 7) is 2.49. The Morgan fingerprint density at radius 1 is 1.36 bits per heavy atom. The Labute approximate surface area is 92.3 Å². The molecule has 0 aliphatic rings. The van der Waals surface area contributed by atoms with Crippen molar-refractivity contribution < 1.29 is 9.47 Å². The zero-order valence-electron chi connectivity index (χ0n) is 8.56. The van der Waals surface area contributed by atoms with Crippen LogP contribution in [-0.4, -0.2) is 14.2 Å². The number of benzene rings is 1. The van der Waals surface area contributed by atoms with Crippen molar-refractivity contribution in [1.29, 1.82) is 0 Å². The zero-order valence-corrected chi connectivity index (χ0v) is 10.1. The van der Waals surface area contributed by atoms with Crippen LogP contribution in [-0.2, 0) is 6.54 Å². The third kappa shape index (κ3) is 1.86. The zero-order chi connectivity index (χ0) is 10.7. The first-order valence-corrected chi connectivity index (χ1v) is 5.05. The van der Waals surface area contributed by atoms with Gasteiger partial charge in [-0.3, -0.25) is 0 Å². The molecule has 4 heteroatoms. The number of hydrogen-bond acceptors (Lipinski definition) is 3. The minimum absolute atomic E-state index is 0.491. The molecule has 0 saturated carbocycles. The molecule has 0 saturated heterocycles. The van der Waals surface area contributed by atoms with Crippen LogP contribution in [0.3, 0.4) is 0 Å². The van der Waals surface area contributed by atoms with Crippen LogP contribution in [0.1, 0.15) is 11.1 Å². The van der Waals surface area contributed by atoms with Crippen LogP contribution in [0.4, 0.5) is 0 Å². The van der Waals surface area contributed by atoms with E-state index in [-0.39, 0.29) is 0 Å². The maximum absolute atomic E-state index is 5.62. The van der Waals surface area contributed by atoms with Gasteiger partial charge in [0.1, 0.15) is 0 Å². The molecule has 0 spiro atoms. The molecule has 0 aliphatic carbocycles. The highest BCUT2D eigenvalue weighted by atomic mass is 79.9. The molecule has 0 aliphatic heterocycles. The molecule has 14 heavy (non-hydrogen) atoms. The fourth-order valence-electron chi connectivity index (χ4n) is 1.31. The van der Waals surface area contributed by atoms with E-state index in [0.29, 0.717) is 18.0 Å². The first kappa shape index (κ1) is 11.3. The predicted molar refractivity (Wildman–Crippen MR) is 59.9 cm³/mol. The van der Waals surface area contributed by atoms with Crippen molar-refractivity contribution >= 4 is 15.9 Å². The Kier molecular flexibility index (Phi) is 3.77. The first-order chi connectivity index (χ1) is 6.65. The van der Waals surface area contributed by atoms with Gasteiger partial charge in [-0.1, -0.05) is 0 Å². The summed E-state index contributed by atoms with van der Waals surface area (Å²) in [7, 11) is 3.23. The van der Waals surface area contributed by atoms with Crippen molar-refractivity contribution in [2.24, 2.45) is 5.73 Å². The number of ether oxygens (including phenoxy) is 2. The van der Waals surface area contributed by atoms with Crippen LogP contribution in [0.25, 0.3) is 0 Å². The number of hydrogen-bond donors (Lipinski definition) is 1. The smallest absolute Gasteiger partial charge is 0.175 e. The van der Waals surface area contributed by atoms with Gasteiger partial charge >= 0.3 is 0 Å². The molecule has 0 radical (unpaired) electrons. The van der Waals surface area contributed by atoms with Crippen LogP contribution in [0.15, 0.2) is 10.5 Å². The second-order valence-corrected chi connectivity index (χ2v) is 3.71. The van der Waals surface area contributed by atoms with Crippen LogP contribution >= 0.6 is 15.9 Å². The maximum atomic E-state index is 5.62. The van der Waals surface area contributed by atoms with E-state index in [9.17, 15) is 0 Å². The summed E-state index contributed by atoms with van der Waals surface area (Å²) in [5, 5.41) is 0.